The molecule has 0 aromatic rings. The van der Waals surface area contributed by atoms with Gasteiger partial charge in [0.1, 0.15) is 0 Å². The predicted molar refractivity (Wildman–Crippen MR) is 45.6 cm³/mol. The van der Waals surface area contributed by atoms with Crippen LogP contribution in [-0.2, 0) is 0 Å². The molecule has 0 radical (unpaired) electrons. The first-order valence-corrected chi connectivity index (χ1v) is 4.08. The van der Waals surface area contributed by atoms with Gasteiger partial charge >= 0.3 is 0 Å². The van der Waals surface area contributed by atoms with Gasteiger partial charge in [0.05, 0.1) is 0 Å². The quantitative estimate of drug-likeness (QED) is 0.361. The van der Waals surface area contributed by atoms with Crippen LogP contribution < -0.4 is 0 Å². The molecule has 0 spiro atoms. The minimum atomic E-state index is 0.824. The largest absolute Gasteiger partial charge is 0.175 e. The normalized spacial score (nSPS) is 10.1. The minimum absolute atomic E-state index is 0.824. The molecule has 0 aliphatic heterocycles. The number of hydrogen-bond acceptors (Lipinski definition) is 2. The van der Waals surface area contributed by atoms with E-state index in [-0.39, 0.29) is 0 Å². The van der Waals surface area contributed by atoms with Crippen molar-refractivity contribution in [3.05, 3.63) is 24.1 Å². The van der Waals surface area contributed by atoms with E-state index in [9.17, 15) is 0 Å². The van der Waals surface area contributed by atoms with Crippen LogP contribution in [0.3, 0.4) is 0 Å². The zero-order valence-corrected chi connectivity index (χ0v) is 6.42. The van der Waals surface area contributed by atoms with Crippen LogP contribution in [0, 0.1) is 0 Å². The fourth-order valence-electron chi connectivity index (χ4n) is 0.235. The van der Waals surface area contributed by atoms with Crippen molar-refractivity contribution in [2.75, 3.05) is 11.5 Å². The van der Waals surface area contributed by atoms with Crippen LogP contribution >= 0.6 is 24.4 Å². The number of rotatable bonds is 4. The first-order chi connectivity index (χ1) is 3.91. The first kappa shape index (κ1) is 8.18. The third-order valence-electron chi connectivity index (χ3n) is 0.512. The van der Waals surface area contributed by atoms with Gasteiger partial charge in [-0.05, 0) is 5.41 Å². The molecular formula is C6H10S2. The maximum absolute atomic E-state index is 4.00. The van der Waals surface area contributed by atoms with E-state index in [0.29, 0.717) is 0 Å². The predicted octanol–water partition coefficient (Wildman–Crippen LogP) is 2.35. The lowest BCUT2D eigenvalue weighted by Gasteiger charge is -1.81. The van der Waals surface area contributed by atoms with Crippen molar-refractivity contribution in [3.63, 3.8) is 0 Å². The Hall–Kier alpha value is 0.180. The van der Waals surface area contributed by atoms with Crippen molar-refractivity contribution in [3.8, 4) is 0 Å². The van der Waals surface area contributed by atoms with Gasteiger partial charge in [-0.2, -0.15) is 12.6 Å². The van der Waals surface area contributed by atoms with Crippen molar-refractivity contribution in [1.82, 2.24) is 0 Å². The molecule has 0 amide bonds. The Morgan fingerprint density at radius 3 is 2.88 bits per heavy atom. The summed E-state index contributed by atoms with van der Waals surface area (Å²) < 4.78 is 0. The zero-order chi connectivity index (χ0) is 6.24. The number of thiol groups is 1. The smallest absolute Gasteiger partial charge is 0.0152 e. The molecule has 0 bridgehead atoms. The molecule has 46 valence electrons. The fourth-order valence-corrected chi connectivity index (χ4v) is 0.962. The van der Waals surface area contributed by atoms with Crippen LogP contribution in [0.25, 0.3) is 0 Å². The maximum atomic E-state index is 4.00. The average molecular weight is 146 g/mol. The molecule has 0 aliphatic rings. The molecule has 0 saturated heterocycles. The maximum Gasteiger partial charge on any atom is 0.0152 e. The molecule has 0 N–H and O–H groups in total. The molecule has 8 heavy (non-hydrogen) atoms. The standard InChI is InChI=1S/C6H10S2/c1-2-5-8-6-3-4-7/h2-3,6-7H,1,4-5H2. The summed E-state index contributed by atoms with van der Waals surface area (Å²) in [6, 6.07) is 0. The zero-order valence-electron chi connectivity index (χ0n) is 4.71. The summed E-state index contributed by atoms with van der Waals surface area (Å²) in [6.45, 7) is 3.58. The van der Waals surface area contributed by atoms with E-state index >= 15 is 0 Å². The van der Waals surface area contributed by atoms with E-state index in [0.717, 1.165) is 11.5 Å². The van der Waals surface area contributed by atoms with E-state index in [2.05, 4.69) is 19.2 Å². The Kier molecular flexibility index (Phi) is 7.34. The lowest BCUT2D eigenvalue weighted by Crippen LogP contribution is -1.61. The third-order valence-corrected chi connectivity index (χ3v) is 1.54. The van der Waals surface area contributed by atoms with Crippen molar-refractivity contribution in [2.24, 2.45) is 0 Å². The Labute approximate surface area is 60.5 Å². The van der Waals surface area contributed by atoms with Crippen LogP contribution in [0.1, 0.15) is 0 Å². The SMILES string of the molecule is C=CCSC=CCS. The fraction of sp³-hybridized carbons (Fsp3) is 0.333. The van der Waals surface area contributed by atoms with Crippen LogP contribution in [0.15, 0.2) is 24.1 Å². The Balaban J connectivity index is 2.90. The van der Waals surface area contributed by atoms with E-state index in [1.54, 1.807) is 11.8 Å². The summed E-state index contributed by atoms with van der Waals surface area (Å²) in [6.07, 6.45) is 3.89. The van der Waals surface area contributed by atoms with Crippen molar-refractivity contribution < 1.29 is 0 Å². The van der Waals surface area contributed by atoms with Crippen LogP contribution in [-0.4, -0.2) is 11.5 Å². The lowest BCUT2D eigenvalue weighted by molar-refractivity contribution is 1.80. The molecule has 0 aliphatic carbocycles. The molecule has 0 heterocycles. The highest BCUT2D eigenvalue weighted by Gasteiger charge is 1.70. The molecule has 0 aromatic carbocycles. The number of hydrogen-bond donors (Lipinski definition) is 1. The molecule has 0 aromatic heterocycles. The molecule has 0 nitrogen and oxygen atoms in total. The van der Waals surface area contributed by atoms with Crippen LogP contribution in [0.2, 0.25) is 0 Å². The van der Waals surface area contributed by atoms with Crippen LogP contribution in [0.4, 0.5) is 0 Å². The van der Waals surface area contributed by atoms with Gasteiger partial charge in [0.2, 0.25) is 0 Å². The lowest BCUT2D eigenvalue weighted by atomic mass is 10.8. The second kappa shape index (κ2) is 7.18. The van der Waals surface area contributed by atoms with E-state index in [1.165, 1.54) is 0 Å². The molecule has 2 heteroatoms. The van der Waals surface area contributed by atoms with Gasteiger partial charge in [-0.1, -0.05) is 12.2 Å². The highest BCUT2D eigenvalue weighted by molar-refractivity contribution is 8.02. The van der Waals surface area contributed by atoms with Crippen molar-refractivity contribution >= 4 is 24.4 Å². The molecular weight excluding hydrogens is 136 g/mol. The molecule has 0 rings (SSSR count). The summed E-state index contributed by atoms with van der Waals surface area (Å²) in [5.74, 6) is 1.81. The van der Waals surface area contributed by atoms with E-state index < -0.39 is 0 Å². The Morgan fingerprint density at radius 2 is 2.38 bits per heavy atom. The summed E-state index contributed by atoms with van der Waals surface area (Å²) >= 11 is 5.73. The molecule has 0 fully saturated rings. The molecule has 0 unspecified atom stereocenters. The molecule has 0 atom stereocenters. The second-order valence-electron chi connectivity index (χ2n) is 1.18. The second-order valence-corrected chi connectivity index (χ2v) is 2.48. The first-order valence-electron chi connectivity index (χ1n) is 2.40. The Morgan fingerprint density at radius 1 is 1.62 bits per heavy atom. The van der Waals surface area contributed by atoms with Crippen molar-refractivity contribution in [2.45, 2.75) is 0 Å². The summed E-state index contributed by atoms with van der Waals surface area (Å²) in [5, 5.41) is 2.04. The summed E-state index contributed by atoms with van der Waals surface area (Å²) in [4.78, 5) is 0. The highest BCUT2D eigenvalue weighted by atomic mass is 32.2. The van der Waals surface area contributed by atoms with E-state index in [1.807, 2.05) is 17.6 Å². The highest BCUT2D eigenvalue weighted by Crippen LogP contribution is 2.00. The van der Waals surface area contributed by atoms with Gasteiger partial charge in [0, 0.05) is 11.5 Å². The topological polar surface area (TPSA) is 0 Å². The summed E-state index contributed by atoms with van der Waals surface area (Å²) in [7, 11) is 0. The van der Waals surface area contributed by atoms with Gasteiger partial charge in [-0.25, -0.2) is 0 Å². The number of thioether (sulfide) groups is 1. The van der Waals surface area contributed by atoms with Crippen molar-refractivity contribution in [1.29, 1.82) is 0 Å². The van der Waals surface area contributed by atoms with Gasteiger partial charge in [0.25, 0.3) is 0 Å². The third kappa shape index (κ3) is 6.18. The van der Waals surface area contributed by atoms with Gasteiger partial charge in [-0.15, -0.1) is 18.3 Å². The monoisotopic (exact) mass is 146 g/mol. The molecule has 0 saturated carbocycles. The van der Waals surface area contributed by atoms with E-state index in [4.69, 9.17) is 0 Å². The minimum Gasteiger partial charge on any atom is -0.175 e. The van der Waals surface area contributed by atoms with Gasteiger partial charge in [0.15, 0.2) is 0 Å². The average Bonchev–Trinajstić information content (AvgIpc) is 1.81. The van der Waals surface area contributed by atoms with Gasteiger partial charge in [-0.3, -0.25) is 0 Å². The van der Waals surface area contributed by atoms with Crippen LogP contribution in [0.5, 0.6) is 0 Å². The Bertz CT molecular complexity index is 76.6. The van der Waals surface area contributed by atoms with Gasteiger partial charge < -0.3 is 0 Å². The summed E-state index contributed by atoms with van der Waals surface area (Å²) in [5.41, 5.74) is 0.